The Balaban J connectivity index is 2.19. The summed E-state index contributed by atoms with van der Waals surface area (Å²) < 4.78 is 0. The highest BCUT2D eigenvalue weighted by Crippen LogP contribution is 2.43. The molecule has 0 aliphatic heterocycles. The molecule has 0 fully saturated rings. The highest BCUT2D eigenvalue weighted by atomic mass is 32.2. The number of allylic oxidation sites excluding steroid dienone is 1. The normalized spacial score (nSPS) is 16.3. The van der Waals surface area contributed by atoms with Gasteiger partial charge in [0.1, 0.15) is 0 Å². The third kappa shape index (κ3) is 3.05. The number of thioether (sulfide) groups is 1. The molecule has 0 amide bonds. The lowest BCUT2D eigenvalue weighted by molar-refractivity contribution is -0.109. The van der Waals surface area contributed by atoms with Crippen LogP contribution in [0.3, 0.4) is 0 Å². The van der Waals surface area contributed by atoms with Gasteiger partial charge in [0.05, 0.1) is 0 Å². The van der Waals surface area contributed by atoms with Crippen LogP contribution in [0.1, 0.15) is 31.4 Å². The van der Waals surface area contributed by atoms with E-state index in [4.69, 9.17) is 0 Å². The van der Waals surface area contributed by atoms with Gasteiger partial charge in [0.2, 0.25) is 0 Å². The van der Waals surface area contributed by atoms with E-state index >= 15 is 0 Å². The highest BCUT2D eigenvalue weighted by molar-refractivity contribution is 8.13. The van der Waals surface area contributed by atoms with Crippen molar-refractivity contribution in [2.45, 2.75) is 33.1 Å². The molecule has 0 heterocycles. The van der Waals surface area contributed by atoms with E-state index in [0.717, 1.165) is 25.0 Å². The molecule has 1 nitrogen and oxygen atoms in total. The maximum absolute atomic E-state index is 11.2. The molecular formula is C16H20OS. The van der Waals surface area contributed by atoms with E-state index in [2.05, 4.69) is 37.8 Å². The smallest absolute Gasteiger partial charge is 0.185 e. The van der Waals surface area contributed by atoms with Crippen LogP contribution in [0.2, 0.25) is 0 Å². The molecule has 0 saturated carbocycles. The molecule has 0 atom stereocenters. The second-order valence-electron chi connectivity index (χ2n) is 5.54. The molecule has 1 aliphatic rings. The molecule has 2 heteroatoms. The van der Waals surface area contributed by atoms with E-state index in [9.17, 15) is 4.79 Å². The number of carbonyl (C=O) groups excluding carboxylic acids is 1. The van der Waals surface area contributed by atoms with Gasteiger partial charge in [-0.25, -0.2) is 0 Å². The molecule has 18 heavy (non-hydrogen) atoms. The lowest BCUT2D eigenvalue weighted by atomic mass is 9.81. The average molecular weight is 260 g/mol. The molecule has 1 aliphatic carbocycles. The zero-order valence-corrected chi connectivity index (χ0v) is 12.0. The molecule has 96 valence electrons. The number of hydrogen-bond donors (Lipinski definition) is 0. The van der Waals surface area contributed by atoms with Gasteiger partial charge in [-0.05, 0) is 42.7 Å². The van der Waals surface area contributed by atoms with Crippen LogP contribution in [0.25, 0.3) is 0 Å². The van der Waals surface area contributed by atoms with E-state index in [1.807, 2.05) is 0 Å². The van der Waals surface area contributed by atoms with Crippen molar-refractivity contribution < 1.29 is 4.79 Å². The Labute approximate surface area is 114 Å². The number of carbonyl (C=O) groups is 1. The monoisotopic (exact) mass is 260 g/mol. The second kappa shape index (κ2) is 5.31. The molecular weight excluding hydrogens is 240 g/mol. The molecule has 0 spiro atoms. The van der Waals surface area contributed by atoms with Crippen molar-refractivity contribution >= 4 is 16.9 Å². The first-order valence-corrected chi connectivity index (χ1v) is 7.34. The van der Waals surface area contributed by atoms with Crippen molar-refractivity contribution in [3.05, 3.63) is 47.5 Å². The second-order valence-corrected chi connectivity index (χ2v) is 6.69. The summed E-state index contributed by atoms with van der Waals surface area (Å²) in [6, 6.07) is 8.64. The molecule has 0 unspecified atom stereocenters. The molecule has 1 aromatic rings. The van der Waals surface area contributed by atoms with Gasteiger partial charge in [0, 0.05) is 12.7 Å². The summed E-state index contributed by atoms with van der Waals surface area (Å²) in [5.41, 5.74) is 4.31. The van der Waals surface area contributed by atoms with Gasteiger partial charge in [0.15, 0.2) is 5.12 Å². The lowest BCUT2D eigenvalue weighted by Gasteiger charge is -2.28. The average Bonchev–Trinajstić information content (AvgIpc) is 2.63. The van der Waals surface area contributed by atoms with E-state index in [1.54, 1.807) is 6.92 Å². The molecule has 2 rings (SSSR count). The number of rotatable bonds is 4. The fourth-order valence-corrected chi connectivity index (χ4v) is 3.76. The fraction of sp³-hybridized carbons (Fsp3) is 0.438. The first-order chi connectivity index (χ1) is 8.51. The summed E-state index contributed by atoms with van der Waals surface area (Å²) in [6.07, 6.45) is 3.18. The summed E-state index contributed by atoms with van der Waals surface area (Å²) >= 11 is 1.46. The van der Waals surface area contributed by atoms with Gasteiger partial charge in [0.25, 0.3) is 0 Å². The minimum Gasteiger partial charge on any atom is -0.288 e. The zero-order valence-electron chi connectivity index (χ0n) is 11.2. The first kappa shape index (κ1) is 13.4. The summed E-state index contributed by atoms with van der Waals surface area (Å²) in [4.78, 5) is 11.2. The van der Waals surface area contributed by atoms with Crippen LogP contribution >= 0.6 is 11.8 Å². The molecule has 0 aromatic heterocycles. The van der Waals surface area contributed by atoms with Crippen LogP contribution in [0.4, 0.5) is 0 Å². The van der Waals surface area contributed by atoms with Crippen LogP contribution in [-0.4, -0.2) is 10.9 Å². The SMILES string of the molecule is C=C(C)CC1(CSC(C)=O)Cc2ccccc2C1. The minimum atomic E-state index is 0.200. The van der Waals surface area contributed by atoms with E-state index < -0.39 is 0 Å². The van der Waals surface area contributed by atoms with Crippen molar-refractivity contribution in [1.82, 2.24) is 0 Å². The van der Waals surface area contributed by atoms with Crippen LogP contribution in [0, 0.1) is 5.41 Å². The lowest BCUT2D eigenvalue weighted by Crippen LogP contribution is -2.25. The predicted octanol–water partition coefficient (Wildman–Crippen LogP) is 4.02. The first-order valence-electron chi connectivity index (χ1n) is 6.35. The van der Waals surface area contributed by atoms with Crippen molar-refractivity contribution in [3.63, 3.8) is 0 Å². The number of hydrogen-bond acceptors (Lipinski definition) is 2. The Morgan fingerprint density at radius 1 is 1.28 bits per heavy atom. The molecule has 0 saturated heterocycles. The quantitative estimate of drug-likeness (QED) is 0.761. The van der Waals surface area contributed by atoms with Crippen molar-refractivity contribution in [2.75, 3.05) is 5.75 Å². The van der Waals surface area contributed by atoms with E-state index in [-0.39, 0.29) is 10.5 Å². The van der Waals surface area contributed by atoms with Gasteiger partial charge in [-0.2, -0.15) is 0 Å². The number of fused-ring (bicyclic) bond motifs is 1. The summed E-state index contributed by atoms with van der Waals surface area (Å²) in [7, 11) is 0. The Bertz CT molecular complexity index is 451. The van der Waals surface area contributed by atoms with Crippen LogP contribution in [0.5, 0.6) is 0 Å². The van der Waals surface area contributed by atoms with Crippen molar-refractivity contribution in [2.24, 2.45) is 5.41 Å². The summed E-state index contributed by atoms with van der Waals surface area (Å²) in [5, 5.41) is 0.215. The molecule has 0 N–H and O–H groups in total. The molecule has 0 radical (unpaired) electrons. The van der Waals surface area contributed by atoms with Crippen molar-refractivity contribution in [3.8, 4) is 0 Å². The van der Waals surface area contributed by atoms with Gasteiger partial charge >= 0.3 is 0 Å². The summed E-state index contributed by atoms with van der Waals surface area (Å²) in [6.45, 7) is 7.80. The van der Waals surface area contributed by atoms with Gasteiger partial charge in [-0.3, -0.25) is 4.79 Å². The molecule has 0 bridgehead atoms. The maximum Gasteiger partial charge on any atom is 0.185 e. The van der Waals surface area contributed by atoms with E-state index in [1.165, 1.54) is 28.5 Å². The van der Waals surface area contributed by atoms with Crippen molar-refractivity contribution in [1.29, 1.82) is 0 Å². The van der Waals surface area contributed by atoms with Crippen LogP contribution < -0.4 is 0 Å². The number of benzene rings is 1. The summed E-state index contributed by atoms with van der Waals surface area (Å²) in [5.74, 6) is 0.907. The molecule has 1 aromatic carbocycles. The van der Waals surface area contributed by atoms with Gasteiger partial charge in [-0.1, -0.05) is 41.6 Å². The predicted molar refractivity (Wildman–Crippen MR) is 78.9 cm³/mol. The van der Waals surface area contributed by atoms with Gasteiger partial charge in [-0.15, -0.1) is 6.58 Å². The Morgan fingerprint density at radius 3 is 2.28 bits per heavy atom. The zero-order chi connectivity index (χ0) is 13.2. The fourth-order valence-electron chi connectivity index (χ4n) is 2.95. The third-order valence-electron chi connectivity index (χ3n) is 3.51. The minimum absolute atomic E-state index is 0.200. The Morgan fingerprint density at radius 2 is 1.83 bits per heavy atom. The van der Waals surface area contributed by atoms with E-state index in [0.29, 0.717) is 0 Å². The Hall–Kier alpha value is -1.02. The van der Waals surface area contributed by atoms with Crippen LogP contribution in [-0.2, 0) is 17.6 Å². The largest absolute Gasteiger partial charge is 0.288 e. The standard InChI is InChI=1S/C16H20OS/c1-12(2)8-16(11-18-13(3)17)9-14-6-4-5-7-15(14)10-16/h4-7H,1,8-11H2,2-3H3. The van der Waals surface area contributed by atoms with Crippen LogP contribution in [0.15, 0.2) is 36.4 Å². The third-order valence-corrected chi connectivity index (χ3v) is 4.67. The highest BCUT2D eigenvalue weighted by Gasteiger charge is 2.37. The van der Waals surface area contributed by atoms with Gasteiger partial charge < -0.3 is 0 Å². The topological polar surface area (TPSA) is 17.1 Å². The Kier molecular flexibility index (Phi) is 3.96. The maximum atomic E-state index is 11.2.